The van der Waals surface area contributed by atoms with E-state index in [-0.39, 0.29) is 17.7 Å². The van der Waals surface area contributed by atoms with Crippen LogP contribution < -0.4 is 10.0 Å². The van der Waals surface area contributed by atoms with Crippen LogP contribution in [-0.2, 0) is 10.0 Å². The molecule has 2 rings (SSSR count). The average Bonchev–Trinajstić information content (AvgIpc) is 3.00. The molecular formula is C14H21N3O3S. The standard InChI is InChI=1S/C14H21N3O3S/c1-3-21(19,20)16-13-7-5-4-6-12(13)14(18)17(2)11-8-9-15-10-11/h4-7,11,15-16H,3,8-10H2,1-2H3. The van der Waals surface area contributed by atoms with Gasteiger partial charge in [0.15, 0.2) is 0 Å². The zero-order chi connectivity index (χ0) is 15.5. The molecule has 6 nitrogen and oxygen atoms in total. The molecule has 1 aliphatic rings. The van der Waals surface area contributed by atoms with Gasteiger partial charge in [0.05, 0.1) is 17.0 Å². The van der Waals surface area contributed by atoms with Gasteiger partial charge in [0.2, 0.25) is 10.0 Å². The summed E-state index contributed by atoms with van der Waals surface area (Å²) in [6.45, 7) is 3.22. The van der Waals surface area contributed by atoms with Crippen LogP contribution in [-0.4, -0.2) is 51.2 Å². The van der Waals surface area contributed by atoms with Crippen LogP contribution in [0.15, 0.2) is 24.3 Å². The Morgan fingerprint density at radius 1 is 1.43 bits per heavy atom. The number of hydrogen-bond donors (Lipinski definition) is 2. The molecule has 1 aromatic carbocycles. The molecule has 0 saturated carbocycles. The van der Waals surface area contributed by atoms with Gasteiger partial charge in [-0.25, -0.2) is 8.42 Å². The third-order valence-corrected chi connectivity index (χ3v) is 5.00. The van der Waals surface area contributed by atoms with Crippen molar-refractivity contribution in [3.63, 3.8) is 0 Å². The van der Waals surface area contributed by atoms with Gasteiger partial charge in [0, 0.05) is 19.6 Å². The number of hydrogen-bond acceptors (Lipinski definition) is 4. The third-order valence-electron chi connectivity index (χ3n) is 3.71. The van der Waals surface area contributed by atoms with E-state index in [0.717, 1.165) is 19.5 Å². The number of nitrogens with one attached hydrogen (secondary N) is 2. The van der Waals surface area contributed by atoms with Crippen LogP contribution in [0.5, 0.6) is 0 Å². The fraction of sp³-hybridized carbons (Fsp3) is 0.500. The minimum atomic E-state index is -3.41. The first-order chi connectivity index (χ1) is 9.94. The summed E-state index contributed by atoms with van der Waals surface area (Å²) in [7, 11) is -1.65. The van der Waals surface area contributed by atoms with Crippen molar-refractivity contribution in [3.8, 4) is 0 Å². The maximum atomic E-state index is 12.6. The molecule has 1 unspecified atom stereocenters. The van der Waals surface area contributed by atoms with Crippen molar-refractivity contribution in [3.05, 3.63) is 29.8 Å². The van der Waals surface area contributed by atoms with E-state index in [9.17, 15) is 13.2 Å². The van der Waals surface area contributed by atoms with Gasteiger partial charge < -0.3 is 10.2 Å². The molecule has 0 spiro atoms. The number of para-hydroxylation sites is 1. The van der Waals surface area contributed by atoms with Crippen molar-refractivity contribution in [2.45, 2.75) is 19.4 Å². The maximum Gasteiger partial charge on any atom is 0.256 e. The first-order valence-electron chi connectivity index (χ1n) is 7.02. The highest BCUT2D eigenvalue weighted by molar-refractivity contribution is 7.92. The summed E-state index contributed by atoms with van der Waals surface area (Å²) in [6.07, 6.45) is 0.908. The molecule has 21 heavy (non-hydrogen) atoms. The van der Waals surface area contributed by atoms with Crippen molar-refractivity contribution < 1.29 is 13.2 Å². The Bertz CT molecular complexity index is 610. The summed E-state index contributed by atoms with van der Waals surface area (Å²) in [4.78, 5) is 14.3. The molecule has 1 aromatic rings. The van der Waals surface area contributed by atoms with Crippen LogP contribution in [0.25, 0.3) is 0 Å². The van der Waals surface area contributed by atoms with Gasteiger partial charge in [-0.05, 0) is 32.0 Å². The highest BCUT2D eigenvalue weighted by Gasteiger charge is 2.26. The van der Waals surface area contributed by atoms with Crippen LogP contribution in [0.2, 0.25) is 0 Å². The molecular weight excluding hydrogens is 290 g/mol. The van der Waals surface area contributed by atoms with E-state index in [1.807, 2.05) is 0 Å². The van der Waals surface area contributed by atoms with E-state index in [2.05, 4.69) is 10.0 Å². The Morgan fingerprint density at radius 2 is 2.14 bits per heavy atom. The Hall–Kier alpha value is -1.60. The topological polar surface area (TPSA) is 78.5 Å². The average molecular weight is 311 g/mol. The van der Waals surface area contributed by atoms with E-state index < -0.39 is 10.0 Å². The van der Waals surface area contributed by atoms with Crippen LogP contribution >= 0.6 is 0 Å². The Labute approximate surface area is 125 Å². The Kier molecular flexibility index (Phi) is 4.84. The van der Waals surface area contributed by atoms with Gasteiger partial charge in [0.1, 0.15) is 0 Å². The molecule has 0 aliphatic carbocycles. The molecule has 116 valence electrons. The fourth-order valence-corrected chi connectivity index (χ4v) is 2.98. The molecule has 7 heteroatoms. The zero-order valence-corrected chi connectivity index (χ0v) is 13.1. The maximum absolute atomic E-state index is 12.6. The van der Waals surface area contributed by atoms with E-state index in [0.29, 0.717) is 11.3 Å². The van der Waals surface area contributed by atoms with Crippen LogP contribution in [0.4, 0.5) is 5.69 Å². The van der Waals surface area contributed by atoms with E-state index in [1.165, 1.54) is 0 Å². The smallest absolute Gasteiger partial charge is 0.256 e. The highest BCUT2D eigenvalue weighted by Crippen LogP contribution is 2.20. The molecule has 1 amide bonds. The Morgan fingerprint density at radius 3 is 2.76 bits per heavy atom. The second-order valence-corrected chi connectivity index (χ2v) is 7.12. The third kappa shape index (κ3) is 3.74. The lowest BCUT2D eigenvalue weighted by atomic mass is 10.1. The SMILES string of the molecule is CCS(=O)(=O)Nc1ccccc1C(=O)N(C)C1CCNC1. The number of carbonyl (C=O) groups is 1. The summed E-state index contributed by atoms with van der Waals surface area (Å²) in [5.41, 5.74) is 0.714. The number of rotatable bonds is 5. The monoisotopic (exact) mass is 311 g/mol. The minimum Gasteiger partial charge on any atom is -0.337 e. The molecule has 1 heterocycles. The van der Waals surface area contributed by atoms with Crippen molar-refractivity contribution in [2.24, 2.45) is 0 Å². The van der Waals surface area contributed by atoms with Gasteiger partial charge in [-0.3, -0.25) is 9.52 Å². The lowest BCUT2D eigenvalue weighted by molar-refractivity contribution is 0.0745. The van der Waals surface area contributed by atoms with E-state index >= 15 is 0 Å². The number of amides is 1. The van der Waals surface area contributed by atoms with Gasteiger partial charge in [-0.2, -0.15) is 0 Å². The predicted octanol–water partition coefficient (Wildman–Crippen LogP) is 0.882. The highest BCUT2D eigenvalue weighted by atomic mass is 32.2. The number of anilines is 1. The molecule has 1 atom stereocenters. The molecule has 0 aromatic heterocycles. The molecule has 1 fully saturated rings. The van der Waals surface area contributed by atoms with Crippen molar-refractivity contribution in [1.29, 1.82) is 0 Å². The molecule has 0 radical (unpaired) electrons. The summed E-state index contributed by atoms with van der Waals surface area (Å²) >= 11 is 0. The molecule has 0 bridgehead atoms. The number of nitrogens with zero attached hydrogens (tertiary/aromatic N) is 1. The zero-order valence-electron chi connectivity index (χ0n) is 12.3. The van der Waals surface area contributed by atoms with E-state index in [4.69, 9.17) is 0 Å². The second-order valence-electron chi connectivity index (χ2n) is 5.11. The van der Waals surface area contributed by atoms with Crippen molar-refractivity contribution in [2.75, 3.05) is 30.6 Å². The van der Waals surface area contributed by atoms with Gasteiger partial charge in [-0.15, -0.1) is 0 Å². The lowest BCUT2D eigenvalue weighted by Crippen LogP contribution is -2.38. The summed E-state index contributed by atoms with van der Waals surface area (Å²) in [5, 5.41) is 3.22. The number of likely N-dealkylation sites (N-methyl/N-ethyl adjacent to an activating group) is 1. The minimum absolute atomic E-state index is 0.0299. The van der Waals surface area contributed by atoms with Crippen LogP contribution in [0.1, 0.15) is 23.7 Å². The number of benzene rings is 1. The normalized spacial score (nSPS) is 18.5. The van der Waals surface area contributed by atoms with Crippen molar-refractivity contribution in [1.82, 2.24) is 10.2 Å². The quantitative estimate of drug-likeness (QED) is 0.846. The van der Waals surface area contributed by atoms with Gasteiger partial charge in [-0.1, -0.05) is 12.1 Å². The molecule has 2 N–H and O–H groups in total. The second kappa shape index (κ2) is 6.44. The van der Waals surface area contributed by atoms with Crippen molar-refractivity contribution >= 4 is 21.6 Å². The number of carbonyl (C=O) groups excluding carboxylic acids is 1. The van der Waals surface area contributed by atoms with Gasteiger partial charge in [0.25, 0.3) is 5.91 Å². The van der Waals surface area contributed by atoms with Crippen LogP contribution in [0, 0.1) is 0 Å². The predicted molar refractivity (Wildman–Crippen MR) is 82.9 cm³/mol. The van der Waals surface area contributed by atoms with Crippen LogP contribution in [0.3, 0.4) is 0 Å². The molecule has 1 saturated heterocycles. The fourth-order valence-electron chi connectivity index (χ4n) is 2.32. The number of sulfonamides is 1. The first-order valence-corrected chi connectivity index (χ1v) is 8.67. The lowest BCUT2D eigenvalue weighted by Gasteiger charge is -2.25. The molecule has 1 aliphatic heterocycles. The van der Waals surface area contributed by atoms with E-state index in [1.54, 1.807) is 43.1 Å². The summed E-state index contributed by atoms with van der Waals surface area (Å²) in [5.74, 6) is -0.198. The summed E-state index contributed by atoms with van der Waals surface area (Å²) < 4.78 is 25.9. The first kappa shape index (κ1) is 15.8. The van der Waals surface area contributed by atoms with Gasteiger partial charge >= 0.3 is 0 Å². The summed E-state index contributed by atoms with van der Waals surface area (Å²) in [6, 6.07) is 6.85. The Balaban J connectivity index is 2.24. The largest absolute Gasteiger partial charge is 0.337 e.